The number of nitrogens with one attached hydrogen (secondary N) is 2. The fraction of sp³-hybridized carbons (Fsp3) is 0.167. The normalized spacial score (nSPS) is 11.0. The average molecular weight is 597 g/mol. The van der Waals surface area contributed by atoms with Gasteiger partial charge in [-0.3, -0.25) is 4.79 Å². The van der Waals surface area contributed by atoms with E-state index >= 15 is 0 Å². The molecule has 0 spiro atoms. The Morgan fingerprint density at radius 2 is 1.51 bits per heavy atom. The van der Waals surface area contributed by atoms with Crippen LogP contribution in [-0.4, -0.2) is 41.7 Å². The summed E-state index contributed by atoms with van der Waals surface area (Å²) in [6.45, 7) is -0.122. The van der Waals surface area contributed by atoms with Crippen LogP contribution in [0, 0.1) is 0 Å². The molecule has 4 aromatic carbocycles. The van der Waals surface area contributed by atoms with Crippen molar-refractivity contribution in [2.75, 3.05) is 32.7 Å². The smallest absolute Gasteiger partial charge is 0.262 e. The molecule has 4 aromatic rings. The summed E-state index contributed by atoms with van der Waals surface area (Å²) in [5.74, 6) is 2.08. The summed E-state index contributed by atoms with van der Waals surface area (Å²) in [6.07, 6.45) is 0.459. The van der Waals surface area contributed by atoms with Gasteiger partial charge < -0.3 is 24.3 Å². The lowest BCUT2D eigenvalue weighted by Gasteiger charge is -2.13. The highest BCUT2D eigenvalue weighted by atomic mass is 35.5. The molecule has 0 heterocycles. The third kappa shape index (κ3) is 8.37. The highest BCUT2D eigenvalue weighted by Gasteiger charge is 2.15. The molecule has 0 radical (unpaired) electrons. The Morgan fingerprint density at radius 3 is 2.22 bits per heavy atom. The summed E-state index contributed by atoms with van der Waals surface area (Å²) in [5.41, 5.74) is 1.28. The van der Waals surface area contributed by atoms with Gasteiger partial charge in [0.15, 0.2) is 23.9 Å². The van der Waals surface area contributed by atoms with Gasteiger partial charge in [0.25, 0.3) is 5.91 Å². The van der Waals surface area contributed by atoms with Crippen LogP contribution in [-0.2, 0) is 21.2 Å². The van der Waals surface area contributed by atoms with Crippen LogP contribution < -0.4 is 29.0 Å². The zero-order valence-corrected chi connectivity index (χ0v) is 24.0. The fourth-order valence-electron chi connectivity index (χ4n) is 3.80. The number of anilines is 1. The Bertz CT molecular complexity index is 1580. The highest BCUT2D eigenvalue weighted by molar-refractivity contribution is 7.89. The van der Waals surface area contributed by atoms with Crippen LogP contribution in [0.4, 0.5) is 5.69 Å². The molecule has 4 rings (SSSR count). The van der Waals surface area contributed by atoms with E-state index in [9.17, 15) is 13.2 Å². The van der Waals surface area contributed by atoms with Gasteiger partial charge in [-0.05, 0) is 78.7 Å². The number of methoxy groups -OCH3 is 2. The molecule has 0 unspecified atom stereocenters. The minimum absolute atomic E-state index is 0.0724. The lowest BCUT2D eigenvalue weighted by Crippen LogP contribution is -2.26. The van der Waals surface area contributed by atoms with Gasteiger partial charge >= 0.3 is 0 Å². The molecule has 2 N–H and O–H groups in total. The number of halogens is 1. The molecule has 11 heteroatoms. The first-order chi connectivity index (χ1) is 19.8. The van der Waals surface area contributed by atoms with Crippen LogP contribution in [0.2, 0.25) is 5.02 Å². The molecule has 0 bridgehead atoms. The molecule has 0 fully saturated rings. The molecule has 0 atom stereocenters. The second kappa shape index (κ2) is 13.9. The number of hydrogen-bond donors (Lipinski definition) is 2. The van der Waals surface area contributed by atoms with Crippen LogP contribution >= 0.6 is 11.6 Å². The maximum atomic E-state index is 12.7. The van der Waals surface area contributed by atoms with E-state index < -0.39 is 15.9 Å². The van der Waals surface area contributed by atoms with Gasteiger partial charge in [0.05, 0.1) is 24.8 Å². The van der Waals surface area contributed by atoms with Gasteiger partial charge in [0, 0.05) is 11.6 Å². The summed E-state index contributed by atoms with van der Waals surface area (Å²) >= 11 is 6.11. The number of rotatable bonds is 13. The van der Waals surface area contributed by atoms with E-state index in [1.807, 2.05) is 24.3 Å². The predicted octanol–water partition coefficient (Wildman–Crippen LogP) is 5.69. The maximum Gasteiger partial charge on any atom is 0.262 e. The van der Waals surface area contributed by atoms with Crippen LogP contribution in [0.1, 0.15) is 5.56 Å². The molecule has 0 saturated carbocycles. The second-order valence-electron chi connectivity index (χ2n) is 8.70. The Hall–Kier alpha value is -4.25. The van der Waals surface area contributed by atoms with Crippen LogP contribution in [0.25, 0.3) is 0 Å². The zero-order chi connectivity index (χ0) is 29.2. The van der Waals surface area contributed by atoms with E-state index in [4.69, 9.17) is 30.5 Å². The van der Waals surface area contributed by atoms with Crippen LogP contribution in [0.3, 0.4) is 0 Å². The molecule has 41 heavy (non-hydrogen) atoms. The third-order valence-corrected chi connectivity index (χ3v) is 7.56. The minimum atomic E-state index is -3.75. The molecule has 1 amide bonds. The molecule has 214 valence electrons. The molecule has 0 aliphatic heterocycles. The molecule has 0 saturated heterocycles. The van der Waals surface area contributed by atoms with E-state index in [2.05, 4.69) is 10.0 Å². The average Bonchev–Trinajstić information content (AvgIpc) is 2.98. The van der Waals surface area contributed by atoms with E-state index in [0.717, 1.165) is 5.56 Å². The molecular weight excluding hydrogens is 568 g/mol. The van der Waals surface area contributed by atoms with Crippen molar-refractivity contribution in [2.45, 2.75) is 11.3 Å². The molecule has 0 aliphatic carbocycles. The van der Waals surface area contributed by atoms with Crippen LogP contribution in [0.15, 0.2) is 95.9 Å². The number of hydrogen-bond acceptors (Lipinski definition) is 7. The van der Waals surface area contributed by atoms with Crippen molar-refractivity contribution in [3.63, 3.8) is 0 Å². The van der Waals surface area contributed by atoms with E-state index in [1.54, 1.807) is 56.7 Å². The fourth-order valence-corrected chi connectivity index (χ4v) is 5.01. The number of carbonyl (C=O) groups is 1. The zero-order valence-electron chi connectivity index (χ0n) is 22.4. The lowest BCUT2D eigenvalue weighted by atomic mass is 10.1. The largest absolute Gasteiger partial charge is 0.493 e. The minimum Gasteiger partial charge on any atom is -0.493 e. The van der Waals surface area contributed by atoms with Gasteiger partial charge in [-0.15, -0.1) is 0 Å². The van der Waals surface area contributed by atoms with Gasteiger partial charge in [-0.2, -0.15) is 0 Å². The van der Waals surface area contributed by atoms with E-state index in [-0.39, 0.29) is 18.0 Å². The Balaban J connectivity index is 1.30. The Morgan fingerprint density at radius 1 is 0.805 bits per heavy atom. The van der Waals surface area contributed by atoms with Crippen molar-refractivity contribution in [1.82, 2.24) is 4.72 Å². The number of carbonyl (C=O) groups excluding carboxylic acids is 1. The summed E-state index contributed by atoms with van der Waals surface area (Å²) < 4.78 is 50.0. The molecular formula is C30H29ClN2O7S. The van der Waals surface area contributed by atoms with E-state index in [1.165, 1.54) is 24.3 Å². The van der Waals surface area contributed by atoms with Crippen molar-refractivity contribution in [3.8, 4) is 28.7 Å². The number of amides is 1. The van der Waals surface area contributed by atoms with Crippen molar-refractivity contribution >= 4 is 33.2 Å². The number of sulfonamides is 1. The van der Waals surface area contributed by atoms with Crippen molar-refractivity contribution < 1.29 is 32.2 Å². The number of para-hydroxylation sites is 1. The topological polar surface area (TPSA) is 112 Å². The summed E-state index contributed by atoms with van der Waals surface area (Å²) in [4.78, 5) is 12.7. The van der Waals surface area contributed by atoms with Crippen molar-refractivity contribution in [3.05, 3.63) is 102 Å². The summed E-state index contributed by atoms with van der Waals surface area (Å²) in [5, 5.41) is 3.16. The molecule has 0 aliphatic rings. The van der Waals surface area contributed by atoms with Gasteiger partial charge in [0.2, 0.25) is 10.0 Å². The number of ether oxygens (including phenoxy) is 4. The first-order valence-electron chi connectivity index (χ1n) is 12.5. The quantitative estimate of drug-likeness (QED) is 0.204. The summed E-state index contributed by atoms with van der Waals surface area (Å²) in [7, 11) is -0.655. The Labute approximate surface area is 244 Å². The lowest BCUT2D eigenvalue weighted by molar-refractivity contribution is -0.118. The number of benzene rings is 4. The standard InChI is InChI=1S/C30H29ClN2O7S/c1-37-28-14-8-21(18-29(28)38-2)16-17-32-41(35,36)25-12-10-23(11-13-25)39-20-30(34)33-26-19-22(31)9-15-27(26)40-24-6-4-3-5-7-24/h3-15,18-19,32H,16-17,20H2,1-2H3,(H,33,34). The predicted molar refractivity (Wildman–Crippen MR) is 157 cm³/mol. The first-order valence-corrected chi connectivity index (χ1v) is 14.4. The highest BCUT2D eigenvalue weighted by Crippen LogP contribution is 2.32. The van der Waals surface area contributed by atoms with E-state index in [0.29, 0.717) is 45.9 Å². The van der Waals surface area contributed by atoms with Gasteiger partial charge in [-0.25, -0.2) is 13.1 Å². The maximum absolute atomic E-state index is 12.7. The SMILES string of the molecule is COc1ccc(CCNS(=O)(=O)c2ccc(OCC(=O)Nc3cc(Cl)ccc3Oc3ccccc3)cc2)cc1OC. The Kier molecular flexibility index (Phi) is 10.1. The monoisotopic (exact) mass is 596 g/mol. The van der Waals surface area contributed by atoms with Gasteiger partial charge in [0.1, 0.15) is 11.5 Å². The molecule has 9 nitrogen and oxygen atoms in total. The van der Waals surface area contributed by atoms with Crippen molar-refractivity contribution in [2.24, 2.45) is 0 Å². The second-order valence-corrected chi connectivity index (χ2v) is 10.9. The first kappa shape index (κ1) is 29.7. The van der Waals surface area contributed by atoms with Crippen molar-refractivity contribution in [1.29, 1.82) is 0 Å². The van der Waals surface area contributed by atoms with Gasteiger partial charge in [-0.1, -0.05) is 35.9 Å². The molecule has 0 aromatic heterocycles. The summed E-state index contributed by atoms with van der Waals surface area (Å²) in [6, 6.07) is 25.2. The third-order valence-electron chi connectivity index (χ3n) is 5.84. The van der Waals surface area contributed by atoms with Crippen LogP contribution in [0.5, 0.6) is 28.7 Å².